The molecule has 1 aliphatic carbocycles. The van der Waals surface area contributed by atoms with Gasteiger partial charge < -0.3 is 25.0 Å². The van der Waals surface area contributed by atoms with Crippen molar-refractivity contribution in [2.45, 2.75) is 166 Å². The monoisotopic (exact) mass is 850 g/mol. The van der Waals surface area contributed by atoms with Crippen molar-refractivity contribution in [3.8, 4) is 11.7 Å². The average molecular weight is 851 g/mol. The predicted molar refractivity (Wildman–Crippen MR) is 227 cm³/mol. The summed E-state index contributed by atoms with van der Waals surface area (Å²) in [6.07, 6.45) is 9.12. The molecule has 4 heterocycles. The first kappa shape index (κ1) is 44.6. The molecule has 4 amide bonds. The number of fused-ring (bicyclic) bond motifs is 2. The molecule has 4 atom stereocenters. The molecule has 16 nitrogen and oxygen atoms in total. The Hall–Kier alpha value is -4.93. The maximum atomic E-state index is 14.7. The molecule has 0 bridgehead atoms. The van der Waals surface area contributed by atoms with Crippen LogP contribution in [-0.2, 0) is 29.1 Å². The third-order valence-corrected chi connectivity index (χ3v) is 13.5. The molecule has 4 unspecified atom stereocenters. The van der Waals surface area contributed by atoms with E-state index in [4.69, 9.17) is 19.6 Å². The Labute approximate surface area is 353 Å². The Bertz CT molecular complexity index is 2200. The van der Waals surface area contributed by atoms with Crippen molar-refractivity contribution in [1.82, 2.24) is 39.6 Å². The summed E-state index contributed by atoms with van der Waals surface area (Å²) in [6, 6.07) is 4.66. The van der Waals surface area contributed by atoms with Crippen molar-refractivity contribution in [2.24, 2.45) is 0 Å². The van der Waals surface area contributed by atoms with Gasteiger partial charge in [0.25, 0.3) is 11.9 Å². The fraction of sp³-hybridized carbons (Fsp3) is 0.628. The topological polar surface area (TPSA) is 196 Å². The number of carbonyl (C=O) groups is 4. The predicted octanol–water partition coefficient (Wildman–Crippen LogP) is 5.95. The molecule has 6 rings (SSSR count). The van der Waals surface area contributed by atoms with Crippen LogP contribution >= 0.6 is 0 Å². The summed E-state index contributed by atoms with van der Waals surface area (Å²) in [7, 11) is -3.99. The van der Waals surface area contributed by atoms with E-state index in [1.54, 1.807) is 32.4 Å². The molecule has 2 aromatic heterocycles. The molecule has 1 saturated heterocycles. The third-order valence-electron chi connectivity index (χ3n) is 11.4. The summed E-state index contributed by atoms with van der Waals surface area (Å²) >= 11 is 0. The van der Waals surface area contributed by atoms with E-state index < -0.39 is 68.4 Å². The number of allylic oxidation sites excluding steroid dienone is 2. The number of alkyl carbamates (subject to hydrolysis) is 1. The van der Waals surface area contributed by atoms with Crippen LogP contribution in [0, 0.1) is 0 Å². The second-order valence-electron chi connectivity index (χ2n) is 18.2. The van der Waals surface area contributed by atoms with Crippen molar-refractivity contribution in [3.63, 3.8) is 0 Å². The second kappa shape index (κ2) is 18.0. The van der Waals surface area contributed by atoms with Gasteiger partial charge in [0.05, 0.1) is 28.2 Å². The Balaban J connectivity index is 1.34. The number of benzene rings is 1. The number of aromatic nitrogens is 4. The quantitative estimate of drug-likeness (QED) is 0.217. The molecule has 3 aromatic rings. The van der Waals surface area contributed by atoms with Crippen LogP contribution in [0.15, 0.2) is 42.6 Å². The minimum absolute atomic E-state index is 0.0270. The third kappa shape index (κ3) is 10.3. The van der Waals surface area contributed by atoms with Crippen molar-refractivity contribution in [1.29, 1.82) is 0 Å². The van der Waals surface area contributed by atoms with Gasteiger partial charge in [0, 0.05) is 18.7 Å². The van der Waals surface area contributed by atoms with E-state index >= 15 is 0 Å². The summed E-state index contributed by atoms with van der Waals surface area (Å²) in [5.41, 5.74) is 2.37. The van der Waals surface area contributed by atoms with Crippen LogP contribution in [-0.4, -0.2) is 97.6 Å². The summed E-state index contributed by atoms with van der Waals surface area (Å²) in [4.78, 5) is 62.3. The number of sulfonamides is 1. The minimum Gasteiger partial charge on any atom is -0.459 e. The fourth-order valence-corrected chi connectivity index (χ4v) is 8.95. The standard InChI is InChI=1S/C43H62N8O8S/c1-27(2)30-21-24-50(47-30)33-19-16-20-34-36(33)46-40(51(34)28(3)4)58-29-25-35-38(53)44-31(37(52)48-60(56,57)43(8)22-23-43)17-14-12-10-9-11-13-15-18-32(39(54)49(35)26-29)45-41(55)59-42(5,6)7/h10,12,16,19-21,24,27-29,31-32,35H,9,11,13-15,17-18,22-23,25-26H2,1-8H3,(H,44,53)(H,45,55)(H,48,52). The zero-order chi connectivity index (χ0) is 43.6. The molecule has 3 aliphatic rings. The summed E-state index contributed by atoms with van der Waals surface area (Å²) < 4.78 is 43.4. The normalized spacial score (nSPS) is 23.1. The number of imidazole rings is 1. The number of hydrogen-bond donors (Lipinski definition) is 3. The number of nitrogens with zero attached hydrogens (tertiary/aromatic N) is 5. The van der Waals surface area contributed by atoms with E-state index in [0.717, 1.165) is 36.2 Å². The SMILES string of the molecule is CC(C)c1ccn(-c2cccc3c2nc(OC2CC4C(=O)NC(C(=O)NS(=O)(=O)C5(C)CC5)CCC=CCCCCCC(NC(=O)OC(C)(C)C)C(=O)N4C2)n3C(C)C)n1. The van der Waals surface area contributed by atoms with Gasteiger partial charge in [-0.25, -0.2) is 17.9 Å². The Morgan fingerprint density at radius 2 is 1.73 bits per heavy atom. The minimum atomic E-state index is -3.99. The summed E-state index contributed by atoms with van der Waals surface area (Å²) in [5.74, 6) is -1.74. The van der Waals surface area contributed by atoms with Gasteiger partial charge in [-0.1, -0.05) is 44.9 Å². The van der Waals surface area contributed by atoms with Crippen LogP contribution in [0.25, 0.3) is 16.7 Å². The van der Waals surface area contributed by atoms with Crippen LogP contribution in [0.1, 0.15) is 137 Å². The van der Waals surface area contributed by atoms with Gasteiger partial charge in [-0.3, -0.25) is 23.7 Å². The molecule has 17 heteroatoms. The number of amides is 4. The van der Waals surface area contributed by atoms with Gasteiger partial charge in [0.2, 0.25) is 21.8 Å². The highest BCUT2D eigenvalue weighted by molar-refractivity contribution is 7.91. The van der Waals surface area contributed by atoms with Crippen LogP contribution in [0.4, 0.5) is 4.79 Å². The first-order valence-corrected chi connectivity index (χ1v) is 22.8. The Morgan fingerprint density at radius 1 is 1.00 bits per heavy atom. The van der Waals surface area contributed by atoms with Crippen molar-refractivity contribution >= 4 is 44.9 Å². The summed E-state index contributed by atoms with van der Waals surface area (Å²) in [6.45, 7) is 14.9. The molecule has 60 heavy (non-hydrogen) atoms. The van der Waals surface area contributed by atoms with Gasteiger partial charge in [0.1, 0.15) is 35.3 Å². The lowest BCUT2D eigenvalue weighted by atomic mass is 10.0. The van der Waals surface area contributed by atoms with Gasteiger partial charge >= 0.3 is 6.09 Å². The van der Waals surface area contributed by atoms with Crippen LogP contribution in [0.2, 0.25) is 0 Å². The lowest BCUT2D eigenvalue weighted by molar-refractivity contribution is -0.141. The molecule has 1 saturated carbocycles. The van der Waals surface area contributed by atoms with Crippen molar-refractivity contribution < 1.29 is 37.1 Å². The number of nitrogens with one attached hydrogen (secondary N) is 3. The van der Waals surface area contributed by atoms with Crippen LogP contribution in [0.5, 0.6) is 6.01 Å². The molecular weight excluding hydrogens is 789 g/mol. The fourth-order valence-electron chi connectivity index (χ4n) is 7.65. The molecule has 1 aromatic carbocycles. The van der Waals surface area contributed by atoms with Gasteiger partial charge in [0.15, 0.2) is 0 Å². The highest BCUT2D eigenvalue weighted by atomic mass is 32.2. The Morgan fingerprint density at radius 3 is 2.40 bits per heavy atom. The first-order chi connectivity index (χ1) is 28.3. The number of carbonyl (C=O) groups excluding carboxylic acids is 4. The van der Waals surface area contributed by atoms with E-state index in [1.807, 2.05) is 61.0 Å². The van der Waals surface area contributed by atoms with Crippen molar-refractivity contribution in [2.75, 3.05) is 6.54 Å². The van der Waals surface area contributed by atoms with E-state index in [9.17, 15) is 27.6 Å². The largest absolute Gasteiger partial charge is 0.459 e. The average Bonchev–Trinajstić information content (AvgIpc) is 3.49. The lowest BCUT2D eigenvalue weighted by Crippen LogP contribution is -2.57. The van der Waals surface area contributed by atoms with E-state index in [-0.39, 0.29) is 31.3 Å². The molecule has 0 spiro atoms. The van der Waals surface area contributed by atoms with E-state index in [1.165, 1.54) is 4.90 Å². The van der Waals surface area contributed by atoms with Gasteiger partial charge in [-0.15, -0.1) is 0 Å². The zero-order valence-electron chi connectivity index (χ0n) is 36.2. The number of rotatable bonds is 9. The van der Waals surface area contributed by atoms with Gasteiger partial charge in [-0.2, -0.15) is 10.1 Å². The van der Waals surface area contributed by atoms with Crippen LogP contribution < -0.4 is 20.1 Å². The number of ether oxygens (including phenoxy) is 2. The number of para-hydroxylation sites is 1. The number of hydrogen-bond acceptors (Lipinski definition) is 10. The molecule has 3 N–H and O–H groups in total. The molecule has 2 aliphatic heterocycles. The highest BCUT2D eigenvalue weighted by Gasteiger charge is 2.51. The second-order valence-corrected chi connectivity index (χ2v) is 20.4. The van der Waals surface area contributed by atoms with Crippen LogP contribution in [0.3, 0.4) is 0 Å². The molecule has 0 radical (unpaired) electrons. The highest BCUT2D eigenvalue weighted by Crippen LogP contribution is 2.42. The lowest BCUT2D eigenvalue weighted by Gasteiger charge is -2.30. The first-order valence-electron chi connectivity index (χ1n) is 21.3. The Kier molecular flexibility index (Phi) is 13.4. The molecular formula is C43H62N8O8S. The van der Waals surface area contributed by atoms with E-state index in [2.05, 4.69) is 29.2 Å². The van der Waals surface area contributed by atoms with E-state index in [0.29, 0.717) is 43.6 Å². The molecule has 2 fully saturated rings. The smallest absolute Gasteiger partial charge is 0.408 e. The maximum Gasteiger partial charge on any atom is 0.408 e. The van der Waals surface area contributed by atoms with Crippen molar-refractivity contribution in [3.05, 3.63) is 48.3 Å². The molecule has 328 valence electrons. The summed E-state index contributed by atoms with van der Waals surface area (Å²) in [5, 5.41) is 10.4. The zero-order valence-corrected chi connectivity index (χ0v) is 37.0. The maximum absolute atomic E-state index is 14.7. The van der Waals surface area contributed by atoms with Gasteiger partial charge in [-0.05, 0) is 111 Å².